The highest BCUT2D eigenvalue weighted by Crippen LogP contribution is 2.16. The van der Waals surface area contributed by atoms with Gasteiger partial charge in [-0.3, -0.25) is 19.8 Å². The van der Waals surface area contributed by atoms with Crippen LogP contribution in [0.1, 0.15) is 0 Å². The first-order chi connectivity index (χ1) is 5.94. The highest BCUT2D eigenvalue weighted by molar-refractivity contribution is 6.18. The van der Waals surface area contributed by atoms with E-state index < -0.39 is 23.6 Å². The van der Waals surface area contributed by atoms with Crippen molar-refractivity contribution < 1.29 is 19.5 Å². The number of amides is 4. The second kappa shape index (κ2) is 2.70. The van der Waals surface area contributed by atoms with Crippen molar-refractivity contribution in [3.63, 3.8) is 0 Å². The summed E-state index contributed by atoms with van der Waals surface area (Å²) in [6.45, 7) is 0. The lowest BCUT2D eigenvalue weighted by molar-refractivity contribution is -0.161. The van der Waals surface area contributed by atoms with Crippen molar-refractivity contribution in [3.8, 4) is 0 Å². The van der Waals surface area contributed by atoms with E-state index in [1.165, 1.54) is 7.05 Å². The van der Waals surface area contributed by atoms with Crippen molar-refractivity contribution in [3.05, 3.63) is 0 Å². The number of rotatable bonds is 1. The molecule has 0 aliphatic carbocycles. The van der Waals surface area contributed by atoms with Gasteiger partial charge in [0.2, 0.25) is 0 Å². The Morgan fingerprint density at radius 3 is 2.46 bits per heavy atom. The summed E-state index contributed by atoms with van der Waals surface area (Å²) in [6.07, 6.45) is 0. The fraction of sp³-hybridized carbons (Fsp3) is 0.500. The Balaban J connectivity index is 3.07. The van der Waals surface area contributed by atoms with Gasteiger partial charge in [-0.1, -0.05) is 0 Å². The third kappa shape index (κ3) is 1.04. The maximum Gasteiger partial charge on any atom is 0.327 e. The standard InChI is InChI=1S/C6H9N3O4/c1-7-3(10)6(13)4(11)8-5(12)9(6)2/h13H,1-2H3,(H,7,10)(H,8,11,12). The largest absolute Gasteiger partial charge is 0.356 e. The molecule has 72 valence electrons. The summed E-state index contributed by atoms with van der Waals surface area (Å²) in [5, 5.41) is 13.4. The first-order valence-corrected chi connectivity index (χ1v) is 3.48. The normalized spacial score (nSPS) is 27.5. The minimum absolute atomic E-state index is 0.633. The Kier molecular flexibility index (Phi) is 1.96. The zero-order valence-corrected chi connectivity index (χ0v) is 7.12. The molecule has 1 fully saturated rings. The zero-order chi connectivity index (χ0) is 10.2. The molecule has 0 saturated carbocycles. The Morgan fingerprint density at radius 2 is 2.15 bits per heavy atom. The van der Waals surface area contributed by atoms with E-state index in [0.717, 1.165) is 7.05 Å². The Morgan fingerprint density at radius 1 is 1.62 bits per heavy atom. The number of nitrogens with one attached hydrogen (secondary N) is 2. The van der Waals surface area contributed by atoms with E-state index in [2.05, 4.69) is 5.32 Å². The number of imide groups is 1. The van der Waals surface area contributed by atoms with Gasteiger partial charge in [-0.15, -0.1) is 0 Å². The number of hydrogen-bond acceptors (Lipinski definition) is 4. The van der Waals surface area contributed by atoms with Gasteiger partial charge in [0.25, 0.3) is 11.8 Å². The van der Waals surface area contributed by atoms with Crippen LogP contribution in [0.4, 0.5) is 4.79 Å². The molecule has 4 amide bonds. The number of likely N-dealkylation sites (N-methyl/N-ethyl adjacent to an activating group) is 2. The number of carbonyl (C=O) groups excluding carboxylic acids is 3. The van der Waals surface area contributed by atoms with Crippen molar-refractivity contribution in [2.24, 2.45) is 0 Å². The average molecular weight is 187 g/mol. The van der Waals surface area contributed by atoms with Crippen molar-refractivity contribution in [2.75, 3.05) is 14.1 Å². The third-order valence-electron chi connectivity index (χ3n) is 1.87. The van der Waals surface area contributed by atoms with Gasteiger partial charge in [-0.05, 0) is 0 Å². The molecule has 1 rings (SSSR count). The molecule has 1 aliphatic rings. The molecule has 3 N–H and O–H groups in total. The zero-order valence-electron chi connectivity index (χ0n) is 7.12. The molecule has 0 radical (unpaired) electrons. The maximum atomic E-state index is 11.1. The van der Waals surface area contributed by atoms with Crippen LogP contribution < -0.4 is 10.6 Å². The van der Waals surface area contributed by atoms with Gasteiger partial charge in [0.15, 0.2) is 0 Å². The first-order valence-electron chi connectivity index (χ1n) is 3.48. The molecule has 1 atom stereocenters. The monoisotopic (exact) mass is 187 g/mol. The molecule has 0 aromatic heterocycles. The van der Waals surface area contributed by atoms with Crippen LogP contribution in [-0.4, -0.2) is 47.7 Å². The van der Waals surface area contributed by atoms with Crippen LogP contribution >= 0.6 is 0 Å². The molecule has 1 heterocycles. The predicted molar refractivity (Wildman–Crippen MR) is 40.3 cm³/mol. The molecule has 0 aromatic rings. The van der Waals surface area contributed by atoms with Crippen molar-refractivity contribution >= 4 is 17.8 Å². The van der Waals surface area contributed by atoms with E-state index in [9.17, 15) is 19.5 Å². The SMILES string of the molecule is CNC(=O)C1(O)C(=O)NC(=O)N1C. The van der Waals surface area contributed by atoms with E-state index in [-0.39, 0.29) is 0 Å². The van der Waals surface area contributed by atoms with Crippen molar-refractivity contribution in [1.82, 2.24) is 15.5 Å². The Hall–Kier alpha value is -1.63. The quantitative estimate of drug-likeness (QED) is 0.315. The van der Waals surface area contributed by atoms with Gasteiger partial charge in [0, 0.05) is 14.1 Å². The first kappa shape index (κ1) is 9.46. The molecule has 1 aliphatic heterocycles. The number of hydrogen-bond donors (Lipinski definition) is 3. The van der Waals surface area contributed by atoms with Crippen LogP contribution in [0.3, 0.4) is 0 Å². The lowest BCUT2D eigenvalue weighted by Crippen LogP contribution is -2.58. The fourth-order valence-electron chi connectivity index (χ4n) is 0.997. The number of urea groups is 1. The summed E-state index contributed by atoms with van der Waals surface area (Å²) >= 11 is 0. The fourth-order valence-corrected chi connectivity index (χ4v) is 0.997. The molecule has 0 aromatic carbocycles. The minimum atomic E-state index is -2.42. The van der Waals surface area contributed by atoms with Crippen LogP contribution in [0, 0.1) is 0 Å². The Labute approximate surface area is 73.7 Å². The summed E-state index contributed by atoms with van der Waals surface area (Å²) in [5.41, 5.74) is -2.42. The van der Waals surface area contributed by atoms with Gasteiger partial charge in [0.1, 0.15) is 0 Å². The molecule has 1 saturated heterocycles. The summed E-state index contributed by atoms with van der Waals surface area (Å²) in [5.74, 6) is -1.99. The summed E-state index contributed by atoms with van der Waals surface area (Å²) in [4.78, 5) is 33.6. The summed E-state index contributed by atoms with van der Waals surface area (Å²) < 4.78 is 0. The smallest absolute Gasteiger partial charge is 0.327 e. The number of carbonyl (C=O) groups is 3. The minimum Gasteiger partial charge on any atom is -0.356 e. The highest BCUT2D eigenvalue weighted by atomic mass is 16.4. The molecule has 0 bridgehead atoms. The molecule has 13 heavy (non-hydrogen) atoms. The highest BCUT2D eigenvalue weighted by Gasteiger charge is 2.55. The van der Waals surface area contributed by atoms with E-state index in [1.807, 2.05) is 5.32 Å². The number of aliphatic hydroxyl groups is 1. The summed E-state index contributed by atoms with van der Waals surface area (Å²) in [6, 6.07) is -0.809. The molecule has 1 unspecified atom stereocenters. The van der Waals surface area contributed by atoms with Crippen LogP contribution in [-0.2, 0) is 9.59 Å². The molecular weight excluding hydrogens is 178 g/mol. The van der Waals surface area contributed by atoms with Gasteiger partial charge >= 0.3 is 11.8 Å². The summed E-state index contributed by atoms with van der Waals surface area (Å²) in [7, 11) is 2.40. The third-order valence-corrected chi connectivity index (χ3v) is 1.87. The van der Waals surface area contributed by atoms with Gasteiger partial charge < -0.3 is 10.4 Å². The van der Waals surface area contributed by atoms with Crippen molar-refractivity contribution in [2.45, 2.75) is 5.72 Å². The van der Waals surface area contributed by atoms with E-state index in [1.54, 1.807) is 0 Å². The van der Waals surface area contributed by atoms with Gasteiger partial charge in [-0.25, -0.2) is 4.79 Å². The van der Waals surface area contributed by atoms with E-state index >= 15 is 0 Å². The Bertz CT molecular complexity index is 290. The second-order valence-electron chi connectivity index (χ2n) is 2.57. The lowest BCUT2D eigenvalue weighted by atomic mass is 10.2. The topological polar surface area (TPSA) is 98.7 Å². The van der Waals surface area contributed by atoms with Crippen LogP contribution in [0.25, 0.3) is 0 Å². The van der Waals surface area contributed by atoms with Crippen LogP contribution in [0.2, 0.25) is 0 Å². The maximum absolute atomic E-state index is 11.1. The molecule has 0 spiro atoms. The van der Waals surface area contributed by atoms with Gasteiger partial charge in [-0.2, -0.15) is 0 Å². The lowest BCUT2D eigenvalue weighted by Gasteiger charge is -2.23. The van der Waals surface area contributed by atoms with Crippen LogP contribution in [0.5, 0.6) is 0 Å². The molecule has 7 nitrogen and oxygen atoms in total. The molecular formula is C6H9N3O4. The van der Waals surface area contributed by atoms with Crippen molar-refractivity contribution in [1.29, 1.82) is 0 Å². The van der Waals surface area contributed by atoms with E-state index in [4.69, 9.17) is 0 Å². The van der Waals surface area contributed by atoms with Crippen LogP contribution in [0.15, 0.2) is 0 Å². The number of nitrogens with zero attached hydrogens (tertiary/aromatic N) is 1. The average Bonchev–Trinajstić information content (AvgIpc) is 2.30. The van der Waals surface area contributed by atoms with E-state index in [0.29, 0.717) is 4.90 Å². The van der Waals surface area contributed by atoms with Gasteiger partial charge in [0.05, 0.1) is 0 Å². The second-order valence-corrected chi connectivity index (χ2v) is 2.57. The predicted octanol–water partition coefficient (Wildman–Crippen LogP) is -2.40. The molecule has 7 heteroatoms.